The predicted octanol–water partition coefficient (Wildman–Crippen LogP) is 3.62. The summed E-state index contributed by atoms with van der Waals surface area (Å²) >= 11 is 1.63. The topological polar surface area (TPSA) is 79.9 Å². The van der Waals surface area contributed by atoms with Gasteiger partial charge in [0.2, 0.25) is 0 Å². The number of nitrogens with one attached hydrogen (secondary N) is 1. The van der Waals surface area contributed by atoms with Gasteiger partial charge in [0.05, 0.1) is 24.3 Å². The monoisotopic (exact) mass is 380 g/mol. The van der Waals surface area contributed by atoms with Crippen molar-refractivity contribution in [3.05, 3.63) is 51.6 Å². The first-order valence-corrected chi connectivity index (χ1v) is 9.82. The summed E-state index contributed by atoms with van der Waals surface area (Å²) in [6.07, 6.45) is 2.76. The van der Waals surface area contributed by atoms with Gasteiger partial charge < -0.3 is 14.6 Å². The lowest BCUT2D eigenvalue weighted by Crippen LogP contribution is -2.37. The quantitative estimate of drug-likeness (QED) is 0.750. The second-order valence-electron chi connectivity index (χ2n) is 6.98. The largest absolute Gasteiger partial charge is 0.447 e. The standard InChI is InChI=1S/C20H20N4O2S/c1-12(2)26-20(25)23-14-8-16-15-7-13(10-21)3-4-17(15)24(18(16)9-14)11-19-22-5-6-27-19/h3-7,12,14H,8-9,11H2,1-2H3,(H,23,25)/t14-/m0/s1. The van der Waals surface area contributed by atoms with Crippen molar-refractivity contribution in [2.24, 2.45) is 0 Å². The van der Waals surface area contributed by atoms with Gasteiger partial charge in [-0.15, -0.1) is 11.3 Å². The van der Waals surface area contributed by atoms with Gasteiger partial charge in [-0.05, 0) is 44.0 Å². The molecule has 0 bridgehead atoms. The lowest BCUT2D eigenvalue weighted by atomic mass is 10.1. The summed E-state index contributed by atoms with van der Waals surface area (Å²) in [6, 6.07) is 8.03. The van der Waals surface area contributed by atoms with Crippen molar-refractivity contribution in [1.82, 2.24) is 14.9 Å². The maximum Gasteiger partial charge on any atom is 0.407 e. The highest BCUT2D eigenvalue weighted by atomic mass is 32.1. The number of rotatable bonds is 4. The van der Waals surface area contributed by atoms with Gasteiger partial charge in [0.1, 0.15) is 5.01 Å². The average molecular weight is 380 g/mol. The number of nitriles is 1. The van der Waals surface area contributed by atoms with Crippen molar-refractivity contribution < 1.29 is 9.53 Å². The van der Waals surface area contributed by atoms with Crippen LogP contribution in [0.25, 0.3) is 10.9 Å². The Kier molecular flexibility index (Phi) is 4.58. The number of ether oxygens (including phenoxy) is 1. The Morgan fingerprint density at radius 1 is 1.48 bits per heavy atom. The maximum atomic E-state index is 12.0. The Balaban J connectivity index is 1.69. The molecule has 2 heterocycles. The van der Waals surface area contributed by atoms with Crippen molar-refractivity contribution in [2.45, 2.75) is 45.4 Å². The predicted molar refractivity (Wildman–Crippen MR) is 104 cm³/mol. The van der Waals surface area contributed by atoms with Crippen molar-refractivity contribution in [2.75, 3.05) is 0 Å². The molecule has 1 aliphatic carbocycles. The molecule has 1 N–H and O–H groups in total. The minimum absolute atomic E-state index is 0.000985. The number of hydrogen-bond donors (Lipinski definition) is 1. The fourth-order valence-corrected chi connectivity index (χ4v) is 4.33. The van der Waals surface area contributed by atoms with Crippen molar-refractivity contribution >= 4 is 28.3 Å². The van der Waals surface area contributed by atoms with Crippen LogP contribution in [0.5, 0.6) is 0 Å². The van der Waals surface area contributed by atoms with Crippen LogP contribution in [0, 0.1) is 11.3 Å². The maximum absolute atomic E-state index is 12.0. The number of nitrogens with zero attached hydrogens (tertiary/aromatic N) is 3. The fraction of sp³-hybridized carbons (Fsp3) is 0.350. The first-order chi connectivity index (χ1) is 13.0. The van der Waals surface area contributed by atoms with Gasteiger partial charge >= 0.3 is 6.09 Å². The number of alkyl carbamates (subject to hydrolysis) is 1. The van der Waals surface area contributed by atoms with Gasteiger partial charge in [0, 0.05) is 40.6 Å². The number of thiazole rings is 1. The minimum atomic E-state index is -0.381. The summed E-state index contributed by atoms with van der Waals surface area (Å²) in [6.45, 7) is 4.36. The van der Waals surface area contributed by atoms with E-state index in [1.165, 1.54) is 11.3 Å². The molecule has 138 valence electrons. The molecule has 0 saturated heterocycles. The molecule has 3 aromatic rings. The Labute approximate surface area is 161 Å². The Bertz CT molecular complexity index is 1030. The molecule has 1 aromatic carbocycles. The number of carbonyl (C=O) groups excluding carboxylic acids is 1. The molecule has 1 amide bonds. The summed E-state index contributed by atoms with van der Waals surface area (Å²) in [5.41, 5.74) is 4.16. The summed E-state index contributed by atoms with van der Waals surface area (Å²) < 4.78 is 7.48. The zero-order valence-corrected chi connectivity index (χ0v) is 16.0. The highest BCUT2D eigenvalue weighted by molar-refractivity contribution is 7.09. The van der Waals surface area contributed by atoms with E-state index in [9.17, 15) is 10.1 Å². The van der Waals surface area contributed by atoms with Gasteiger partial charge in [-0.2, -0.15) is 5.26 Å². The van der Waals surface area contributed by atoms with E-state index in [2.05, 4.69) is 20.9 Å². The Morgan fingerprint density at radius 3 is 3.04 bits per heavy atom. The van der Waals surface area contributed by atoms with E-state index in [0.29, 0.717) is 12.1 Å². The normalized spacial score (nSPS) is 15.7. The van der Waals surface area contributed by atoms with Gasteiger partial charge in [-0.1, -0.05) is 0 Å². The lowest BCUT2D eigenvalue weighted by Gasteiger charge is -2.15. The third-order valence-corrected chi connectivity index (χ3v) is 5.51. The zero-order chi connectivity index (χ0) is 19.0. The van der Waals surface area contributed by atoms with Crippen LogP contribution in [0.2, 0.25) is 0 Å². The van der Waals surface area contributed by atoms with E-state index in [-0.39, 0.29) is 18.2 Å². The number of hydrogen-bond acceptors (Lipinski definition) is 5. The second kappa shape index (κ2) is 7.05. The van der Waals surface area contributed by atoms with Crippen LogP contribution in [-0.2, 0) is 24.1 Å². The van der Waals surface area contributed by atoms with Crippen LogP contribution in [-0.4, -0.2) is 27.8 Å². The molecular formula is C20H20N4O2S. The van der Waals surface area contributed by atoms with E-state index in [0.717, 1.165) is 28.8 Å². The smallest absolute Gasteiger partial charge is 0.407 e. The van der Waals surface area contributed by atoms with Gasteiger partial charge in [0.25, 0.3) is 0 Å². The van der Waals surface area contributed by atoms with Crippen LogP contribution in [0.15, 0.2) is 29.8 Å². The zero-order valence-electron chi connectivity index (χ0n) is 15.2. The number of aromatic nitrogens is 2. The summed E-state index contributed by atoms with van der Waals surface area (Å²) in [7, 11) is 0. The minimum Gasteiger partial charge on any atom is -0.447 e. The highest BCUT2D eigenvalue weighted by Gasteiger charge is 2.30. The first-order valence-electron chi connectivity index (χ1n) is 8.94. The lowest BCUT2D eigenvalue weighted by molar-refractivity contribution is 0.112. The molecule has 0 unspecified atom stereocenters. The van der Waals surface area contributed by atoms with Crippen LogP contribution >= 0.6 is 11.3 Å². The number of amides is 1. The van der Waals surface area contributed by atoms with Crippen LogP contribution < -0.4 is 5.32 Å². The van der Waals surface area contributed by atoms with Gasteiger partial charge in [-0.25, -0.2) is 9.78 Å². The van der Waals surface area contributed by atoms with E-state index in [4.69, 9.17) is 4.74 Å². The van der Waals surface area contributed by atoms with Gasteiger partial charge in [0.15, 0.2) is 0 Å². The molecule has 0 spiro atoms. The molecule has 1 aliphatic rings. The first kappa shape index (κ1) is 17.6. The summed E-state index contributed by atoms with van der Waals surface area (Å²) in [5, 5.41) is 16.3. The summed E-state index contributed by atoms with van der Waals surface area (Å²) in [5.74, 6) is 0. The molecule has 1 atom stereocenters. The summed E-state index contributed by atoms with van der Waals surface area (Å²) in [4.78, 5) is 16.4. The Morgan fingerprint density at radius 2 is 2.33 bits per heavy atom. The van der Waals surface area contributed by atoms with Crippen molar-refractivity contribution in [3.63, 3.8) is 0 Å². The van der Waals surface area contributed by atoms with E-state index >= 15 is 0 Å². The number of fused-ring (bicyclic) bond motifs is 3. The van der Waals surface area contributed by atoms with E-state index in [1.54, 1.807) is 11.3 Å². The Hall–Kier alpha value is -2.85. The molecular weight excluding hydrogens is 360 g/mol. The van der Waals surface area contributed by atoms with Crippen LogP contribution in [0.3, 0.4) is 0 Å². The molecule has 2 aromatic heterocycles. The number of carbonyl (C=O) groups is 1. The molecule has 4 rings (SSSR count). The molecule has 6 nitrogen and oxygen atoms in total. The third kappa shape index (κ3) is 3.40. The molecule has 0 saturated carbocycles. The SMILES string of the molecule is CC(C)OC(=O)N[C@H]1Cc2c(n(Cc3nccs3)c3ccc(C#N)cc23)C1. The molecule has 0 aliphatic heterocycles. The molecule has 0 fully saturated rings. The van der Waals surface area contributed by atoms with Crippen LogP contribution in [0.4, 0.5) is 4.79 Å². The van der Waals surface area contributed by atoms with Crippen molar-refractivity contribution in [3.8, 4) is 6.07 Å². The highest BCUT2D eigenvalue weighted by Crippen LogP contribution is 2.34. The fourth-order valence-electron chi connectivity index (χ4n) is 3.72. The van der Waals surface area contributed by atoms with Crippen molar-refractivity contribution in [1.29, 1.82) is 5.26 Å². The van der Waals surface area contributed by atoms with Gasteiger partial charge in [-0.3, -0.25) is 0 Å². The molecule has 27 heavy (non-hydrogen) atoms. The van der Waals surface area contributed by atoms with E-state index < -0.39 is 0 Å². The molecule has 0 radical (unpaired) electrons. The third-order valence-electron chi connectivity index (χ3n) is 4.75. The molecule has 7 heteroatoms. The van der Waals surface area contributed by atoms with E-state index in [1.807, 2.05) is 43.6 Å². The second-order valence-corrected chi connectivity index (χ2v) is 7.96. The van der Waals surface area contributed by atoms with Crippen LogP contribution in [0.1, 0.15) is 35.7 Å². The average Bonchev–Trinajstić information content (AvgIpc) is 3.32. The number of benzene rings is 1.